The number of hydrogen-bond donors (Lipinski definition) is 1. The summed E-state index contributed by atoms with van der Waals surface area (Å²) in [5, 5.41) is 1.06. The minimum absolute atomic E-state index is 0.315. The summed E-state index contributed by atoms with van der Waals surface area (Å²) in [6.45, 7) is 0. The molecule has 0 heterocycles. The molecular formula is C27H34O10Si. The van der Waals surface area contributed by atoms with Gasteiger partial charge in [-0.1, -0.05) is 0 Å². The Hall–Kier alpha value is -3.96. The van der Waals surface area contributed by atoms with E-state index in [0.29, 0.717) is 67.3 Å². The number of ether oxygens (including phenoxy) is 9. The molecular weight excluding hydrogens is 512 g/mol. The van der Waals surface area contributed by atoms with Gasteiger partial charge in [0.1, 0.15) is 51.7 Å². The second kappa shape index (κ2) is 12.1. The Kier molecular flexibility index (Phi) is 9.07. The van der Waals surface area contributed by atoms with E-state index in [9.17, 15) is 4.80 Å². The van der Waals surface area contributed by atoms with E-state index in [-0.39, 0.29) is 0 Å². The van der Waals surface area contributed by atoms with E-state index in [0.717, 1.165) is 0 Å². The summed E-state index contributed by atoms with van der Waals surface area (Å²) in [7, 11) is 9.28. The molecule has 0 amide bonds. The van der Waals surface area contributed by atoms with Gasteiger partial charge in [0.25, 0.3) is 0 Å². The predicted octanol–water partition coefficient (Wildman–Crippen LogP) is 1.72. The van der Waals surface area contributed by atoms with Gasteiger partial charge in [-0.15, -0.1) is 0 Å². The smallest absolute Gasteiger partial charge is 0.308 e. The number of rotatable bonds is 12. The van der Waals surface area contributed by atoms with Crippen molar-refractivity contribution >= 4 is 23.9 Å². The van der Waals surface area contributed by atoms with Crippen LogP contribution in [0.5, 0.6) is 51.7 Å². The van der Waals surface area contributed by atoms with Crippen LogP contribution in [0, 0.1) is 0 Å². The molecule has 0 aliphatic heterocycles. The molecule has 38 heavy (non-hydrogen) atoms. The Morgan fingerprint density at radius 1 is 0.368 bits per heavy atom. The average molecular weight is 547 g/mol. The highest BCUT2D eigenvalue weighted by molar-refractivity contribution is 7.08. The third-order valence-electron chi connectivity index (χ3n) is 6.23. The number of hydrogen-bond acceptors (Lipinski definition) is 10. The highest BCUT2D eigenvalue weighted by Gasteiger charge is 2.52. The summed E-state index contributed by atoms with van der Waals surface area (Å²) in [5.74, 6) is 3.31. The first-order valence-electron chi connectivity index (χ1n) is 11.4. The molecule has 0 atom stereocenters. The van der Waals surface area contributed by atoms with Crippen LogP contribution in [0.2, 0.25) is 0 Å². The quantitative estimate of drug-likeness (QED) is 0.267. The van der Waals surface area contributed by atoms with Gasteiger partial charge in [-0.2, -0.15) is 0 Å². The van der Waals surface area contributed by atoms with Gasteiger partial charge in [-0.3, -0.25) is 0 Å². The molecule has 0 saturated carbocycles. The number of methoxy groups -OCH3 is 9. The molecule has 0 unspecified atom stereocenters. The van der Waals surface area contributed by atoms with Gasteiger partial charge in [0.2, 0.25) is 0 Å². The maximum atomic E-state index is 13.3. The average Bonchev–Trinajstić information content (AvgIpc) is 2.97. The first-order chi connectivity index (χ1) is 18.3. The highest BCUT2D eigenvalue weighted by atomic mass is 28.4. The first kappa shape index (κ1) is 28.6. The van der Waals surface area contributed by atoms with Gasteiger partial charge in [-0.05, 0) is 0 Å². The SMILES string of the molecule is COc1cc(OC)c([Si](O)(c2c(OC)cc(OC)cc2OC)c2c(OC)cc(OC)cc2OC)c(OC)c1. The maximum absolute atomic E-state index is 13.3. The Morgan fingerprint density at radius 2 is 0.553 bits per heavy atom. The van der Waals surface area contributed by atoms with Gasteiger partial charge >= 0.3 is 8.32 Å². The third kappa shape index (κ3) is 4.82. The maximum Gasteiger partial charge on any atom is 0.308 e. The van der Waals surface area contributed by atoms with Crippen LogP contribution in [0.15, 0.2) is 36.4 Å². The molecule has 0 fully saturated rings. The van der Waals surface area contributed by atoms with Crippen LogP contribution in [0.4, 0.5) is 0 Å². The summed E-state index contributed by atoms with van der Waals surface area (Å²) >= 11 is 0. The Bertz CT molecular complexity index is 1050. The Labute approximate surface area is 223 Å². The van der Waals surface area contributed by atoms with Crippen molar-refractivity contribution in [2.24, 2.45) is 0 Å². The fraction of sp³-hybridized carbons (Fsp3) is 0.333. The molecule has 206 valence electrons. The lowest BCUT2D eigenvalue weighted by Crippen LogP contribution is -2.68. The molecule has 0 radical (unpaired) electrons. The minimum atomic E-state index is -4.29. The molecule has 11 heteroatoms. The molecule has 1 N–H and O–H groups in total. The summed E-state index contributed by atoms with van der Waals surface area (Å²) < 4.78 is 51.2. The summed E-state index contributed by atoms with van der Waals surface area (Å²) in [5.41, 5.74) is 0. The van der Waals surface area contributed by atoms with Gasteiger partial charge < -0.3 is 47.4 Å². The number of benzene rings is 3. The van der Waals surface area contributed by atoms with E-state index in [1.807, 2.05) is 0 Å². The monoisotopic (exact) mass is 546 g/mol. The van der Waals surface area contributed by atoms with Crippen molar-refractivity contribution in [1.82, 2.24) is 0 Å². The minimum Gasteiger partial charge on any atom is -0.496 e. The van der Waals surface area contributed by atoms with Crippen molar-refractivity contribution in [2.75, 3.05) is 64.0 Å². The van der Waals surface area contributed by atoms with Crippen LogP contribution in [-0.4, -0.2) is 77.1 Å². The van der Waals surface area contributed by atoms with Gasteiger partial charge in [0.05, 0.1) is 79.5 Å². The van der Waals surface area contributed by atoms with E-state index < -0.39 is 8.32 Å². The first-order valence-corrected chi connectivity index (χ1v) is 13.4. The van der Waals surface area contributed by atoms with Crippen LogP contribution >= 0.6 is 0 Å². The lowest BCUT2D eigenvalue weighted by molar-refractivity contribution is 0.373. The largest absolute Gasteiger partial charge is 0.496 e. The van der Waals surface area contributed by atoms with Crippen LogP contribution in [-0.2, 0) is 0 Å². The molecule has 0 saturated heterocycles. The lowest BCUT2D eigenvalue weighted by atomic mass is 10.3. The lowest BCUT2D eigenvalue weighted by Gasteiger charge is -2.34. The fourth-order valence-corrected chi connectivity index (χ4v) is 8.40. The predicted molar refractivity (Wildman–Crippen MR) is 145 cm³/mol. The topological polar surface area (TPSA) is 103 Å². The second-order valence-electron chi connectivity index (χ2n) is 7.93. The summed E-state index contributed by atoms with van der Waals surface area (Å²) in [4.78, 5) is 13.3. The van der Waals surface area contributed by atoms with Crippen LogP contribution in [0.3, 0.4) is 0 Å². The molecule has 0 aromatic heterocycles. The Morgan fingerprint density at radius 3 is 0.684 bits per heavy atom. The molecule has 0 aliphatic rings. The molecule has 0 spiro atoms. The fourth-order valence-electron chi connectivity index (χ4n) is 4.46. The van der Waals surface area contributed by atoms with Crippen LogP contribution < -0.4 is 58.2 Å². The van der Waals surface area contributed by atoms with E-state index in [1.54, 1.807) is 36.4 Å². The van der Waals surface area contributed by atoms with Gasteiger partial charge in [0, 0.05) is 36.4 Å². The van der Waals surface area contributed by atoms with E-state index in [1.165, 1.54) is 64.0 Å². The Balaban J connectivity index is 2.68. The zero-order chi connectivity index (χ0) is 28.0. The zero-order valence-electron chi connectivity index (χ0n) is 23.1. The van der Waals surface area contributed by atoms with Gasteiger partial charge in [-0.25, -0.2) is 0 Å². The van der Waals surface area contributed by atoms with Crippen molar-refractivity contribution in [2.45, 2.75) is 0 Å². The summed E-state index contributed by atoms with van der Waals surface area (Å²) in [6.07, 6.45) is 0. The molecule has 3 aromatic carbocycles. The second-order valence-corrected chi connectivity index (χ2v) is 10.9. The van der Waals surface area contributed by atoms with Crippen molar-refractivity contribution in [3.8, 4) is 51.7 Å². The van der Waals surface area contributed by atoms with Gasteiger partial charge in [0.15, 0.2) is 0 Å². The molecule has 0 bridgehead atoms. The highest BCUT2D eigenvalue weighted by Crippen LogP contribution is 2.37. The van der Waals surface area contributed by atoms with Crippen LogP contribution in [0.1, 0.15) is 0 Å². The standard InChI is InChI=1S/C27H34O10Si/c1-29-16-10-19(32-4)25(20(11-16)33-5)38(28,26-21(34-6)12-17(30-2)13-22(26)35-7)27-23(36-8)14-18(31-3)15-24(27)37-9/h10-15,28H,1-9H3. The van der Waals surface area contributed by atoms with Crippen molar-refractivity contribution in [1.29, 1.82) is 0 Å². The molecule has 3 rings (SSSR count). The van der Waals surface area contributed by atoms with E-state index in [4.69, 9.17) is 42.6 Å². The van der Waals surface area contributed by atoms with E-state index in [2.05, 4.69) is 0 Å². The molecule has 3 aromatic rings. The molecule has 0 aliphatic carbocycles. The molecule has 10 nitrogen and oxygen atoms in total. The summed E-state index contributed by atoms with van der Waals surface area (Å²) in [6, 6.07) is 10.0. The third-order valence-corrected chi connectivity index (χ3v) is 9.88. The van der Waals surface area contributed by atoms with Crippen molar-refractivity contribution in [3.63, 3.8) is 0 Å². The van der Waals surface area contributed by atoms with Crippen molar-refractivity contribution in [3.05, 3.63) is 36.4 Å². The normalized spacial score (nSPS) is 10.9. The van der Waals surface area contributed by atoms with E-state index >= 15 is 0 Å². The van der Waals surface area contributed by atoms with Crippen LogP contribution in [0.25, 0.3) is 0 Å². The van der Waals surface area contributed by atoms with Crippen molar-refractivity contribution < 1.29 is 47.4 Å². The zero-order valence-corrected chi connectivity index (χ0v) is 24.1.